The molecule has 0 radical (unpaired) electrons. The van der Waals surface area contributed by atoms with Gasteiger partial charge in [-0.2, -0.15) is 0 Å². The van der Waals surface area contributed by atoms with Gasteiger partial charge in [-0.1, -0.05) is 26.0 Å². The third-order valence-electron chi connectivity index (χ3n) is 3.19. The molecule has 3 rings (SSSR count). The maximum Gasteiger partial charge on any atom is 0.200 e. The van der Waals surface area contributed by atoms with Crippen LogP contribution in [0.2, 0.25) is 0 Å². The van der Waals surface area contributed by atoms with Gasteiger partial charge in [-0.3, -0.25) is 0 Å². The molecular weight excluding hydrogens is 296 g/mol. The molecule has 0 saturated heterocycles. The Balaban J connectivity index is 1.71. The highest BCUT2D eigenvalue weighted by Gasteiger charge is 2.08. The topological polar surface area (TPSA) is 68.0 Å². The largest absolute Gasteiger partial charge is 0.362 e. The number of fused-ring (bicyclic) bond motifs is 1. The SMILES string of the molecule is CC(C)Sc1ccc(C(C)Nc2ccc3nnnn3n2)cc1. The lowest BCUT2D eigenvalue weighted by molar-refractivity contribution is 0.728. The van der Waals surface area contributed by atoms with E-state index >= 15 is 0 Å². The standard InChI is InChI=1S/C15H18N6S/c1-10(2)22-13-6-4-12(5-7-13)11(3)16-14-8-9-15-17-19-20-21(15)18-14/h4-11H,1-3H3,(H,16,18). The van der Waals surface area contributed by atoms with Crippen molar-refractivity contribution >= 4 is 23.2 Å². The Morgan fingerprint density at radius 3 is 2.55 bits per heavy atom. The number of anilines is 1. The smallest absolute Gasteiger partial charge is 0.200 e. The van der Waals surface area contributed by atoms with Gasteiger partial charge < -0.3 is 5.32 Å². The second-order valence-electron chi connectivity index (χ2n) is 5.35. The zero-order valence-corrected chi connectivity index (χ0v) is 13.6. The van der Waals surface area contributed by atoms with E-state index in [-0.39, 0.29) is 6.04 Å². The van der Waals surface area contributed by atoms with Crippen LogP contribution in [0.5, 0.6) is 0 Å². The molecule has 114 valence electrons. The normalized spacial score (nSPS) is 12.7. The zero-order chi connectivity index (χ0) is 15.5. The van der Waals surface area contributed by atoms with Gasteiger partial charge in [0, 0.05) is 16.2 Å². The summed E-state index contributed by atoms with van der Waals surface area (Å²) in [5.74, 6) is 0.743. The van der Waals surface area contributed by atoms with Gasteiger partial charge >= 0.3 is 0 Å². The molecule has 22 heavy (non-hydrogen) atoms. The summed E-state index contributed by atoms with van der Waals surface area (Å²) in [4.78, 5) is 1.29. The Morgan fingerprint density at radius 1 is 1.05 bits per heavy atom. The Bertz CT molecular complexity index is 752. The molecule has 0 aliphatic carbocycles. The van der Waals surface area contributed by atoms with Gasteiger partial charge in [0.25, 0.3) is 0 Å². The summed E-state index contributed by atoms with van der Waals surface area (Å²) in [5, 5.41) is 19.5. The summed E-state index contributed by atoms with van der Waals surface area (Å²) in [5.41, 5.74) is 1.85. The van der Waals surface area contributed by atoms with Gasteiger partial charge in [-0.05, 0) is 47.2 Å². The van der Waals surface area contributed by atoms with Crippen LogP contribution in [0, 0.1) is 0 Å². The minimum atomic E-state index is 0.152. The van der Waals surface area contributed by atoms with Crippen molar-refractivity contribution in [3.05, 3.63) is 42.0 Å². The average molecular weight is 314 g/mol. The van der Waals surface area contributed by atoms with E-state index < -0.39 is 0 Å². The number of aromatic nitrogens is 5. The van der Waals surface area contributed by atoms with Crippen LogP contribution in [0.3, 0.4) is 0 Å². The minimum Gasteiger partial charge on any atom is -0.362 e. The second kappa shape index (κ2) is 6.31. The average Bonchev–Trinajstić information content (AvgIpc) is 2.95. The first-order valence-electron chi connectivity index (χ1n) is 7.20. The van der Waals surface area contributed by atoms with Crippen molar-refractivity contribution in [3.63, 3.8) is 0 Å². The summed E-state index contributed by atoms with van der Waals surface area (Å²) < 4.78 is 1.41. The van der Waals surface area contributed by atoms with Crippen molar-refractivity contribution in [1.82, 2.24) is 25.3 Å². The van der Waals surface area contributed by atoms with Gasteiger partial charge in [0.2, 0.25) is 0 Å². The number of nitrogens with zero attached hydrogens (tertiary/aromatic N) is 5. The Morgan fingerprint density at radius 2 is 1.82 bits per heavy atom. The van der Waals surface area contributed by atoms with Crippen LogP contribution in [-0.4, -0.2) is 30.5 Å². The summed E-state index contributed by atoms with van der Waals surface area (Å²) in [6.07, 6.45) is 0. The quantitative estimate of drug-likeness (QED) is 0.729. The van der Waals surface area contributed by atoms with Crippen molar-refractivity contribution in [3.8, 4) is 0 Å². The molecule has 0 aliphatic rings. The van der Waals surface area contributed by atoms with E-state index in [1.54, 1.807) is 0 Å². The minimum absolute atomic E-state index is 0.152. The number of nitrogens with one attached hydrogen (secondary N) is 1. The fourth-order valence-electron chi connectivity index (χ4n) is 2.14. The molecule has 7 heteroatoms. The number of thioether (sulfide) groups is 1. The molecule has 0 aliphatic heterocycles. The maximum absolute atomic E-state index is 4.32. The van der Waals surface area contributed by atoms with Crippen molar-refractivity contribution in [2.45, 2.75) is 37.0 Å². The van der Waals surface area contributed by atoms with Crippen LogP contribution < -0.4 is 5.32 Å². The predicted molar refractivity (Wildman–Crippen MR) is 88.0 cm³/mol. The van der Waals surface area contributed by atoms with Crippen molar-refractivity contribution in [2.24, 2.45) is 0 Å². The van der Waals surface area contributed by atoms with Gasteiger partial charge in [0.1, 0.15) is 5.82 Å². The van der Waals surface area contributed by atoms with Gasteiger partial charge in [0.15, 0.2) is 5.65 Å². The number of tetrazole rings is 1. The van der Waals surface area contributed by atoms with E-state index in [0.29, 0.717) is 10.9 Å². The molecule has 0 fully saturated rings. The van der Waals surface area contributed by atoms with Gasteiger partial charge in [-0.25, -0.2) is 0 Å². The van der Waals surface area contributed by atoms with Crippen LogP contribution in [0.25, 0.3) is 5.65 Å². The predicted octanol–water partition coefficient (Wildman–Crippen LogP) is 3.19. The lowest BCUT2D eigenvalue weighted by Gasteiger charge is -2.15. The fourth-order valence-corrected chi connectivity index (χ4v) is 2.98. The summed E-state index contributed by atoms with van der Waals surface area (Å²) in [6.45, 7) is 6.50. The molecule has 1 atom stereocenters. The van der Waals surface area contributed by atoms with E-state index in [0.717, 1.165) is 5.82 Å². The molecule has 2 heterocycles. The lowest BCUT2D eigenvalue weighted by atomic mass is 10.1. The number of benzene rings is 1. The van der Waals surface area contributed by atoms with E-state index in [9.17, 15) is 0 Å². The van der Waals surface area contributed by atoms with Crippen molar-refractivity contribution in [2.75, 3.05) is 5.32 Å². The first-order chi connectivity index (χ1) is 10.6. The summed E-state index contributed by atoms with van der Waals surface area (Å²) >= 11 is 1.87. The molecule has 0 amide bonds. The molecule has 0 spiro atoms. The molecule has 6 nitrogen and oxygen atoms in total. The second-order valence-corrected chi connectivity index (χ2v) is 7.00. The van der Waals surface area contributed by atoms with Crippen molar-refractivity contribution in [1.29, 1.82) is 0 Å². The van der Waals surface area contributed by atoms with Crippen LogP contribution in [-0.2, 0) is 0 Å². The third-order valence-corrected chi connectivity index (χ3v) is 4.20. The first-order valence-corrected chi connectivity index (χ1v) is 8.08. The van der Waals surface area contributed by atoms with Crippen LogP contribution >= 0.6 is 11.8 Å². The number of rotatable bonds is 5. The van der Waals surface area contributed by atoms with E-state index in [2.05, 4.69) is 71.0 Å². The molecule has 0 saturated carbocycles. The molecule has 0 bridgehead atoms. The van der Waals surface area contributed by atoms with Gasteiger partial charge in [0.05, 0.1) is 0 Å². The molecule has 1 unspecified atom stereocenters. The Labute approximate surface area is 133 Å². The maximum atomic E-state index is 4.32. The lowest BCUT2D eigenvalue weighted by Crippen LogP contribution is -2.09. The van der Waals surface area contributed by atoms with Crippen molar-refractivity contribution < 1.29 is 0 Å². The summed E-state index contributed by atoms with van der Waals surface area (Å²) in [6, 6.07) is 12.5. The summed E-state index contributed by atoms with van der Waals surface area (Å²) in [7, 11) is 0. The molecule has 3 aromatic rings. The fraction of sp³-hybridized carbons (Fsp3) is 0.333. The molecular formula is C15H18N6S. The van der Waals surface area contributed by atoms with E-state index in [1.165, 1.54) is 15.1 Å². The van der Waals surface area contributed by atoms with Gasteiger partial charge in [-0.15, -0.1) is 26.6 Å². The zero-order valence-electron chi connectivity index (χ0n) is 12.8. The van der Waals surface area contributed by atoms with Crippen LogP contribution in [0.4, 0.5) is 5.82 Å². The highest BCUT2D eigenvalue weighted by molar-refractivity contribution is 7.99. The van der Waals surface area contributed by atoms with E-state index in [4.69, 9.17) is 0 Å². The number of hydrogen-bond donors (Lipinski definition) is 1. The van der Waals surface area contributed by atoms with Crippen LogP contribution in [0.15, 0.2) is 41.3 Å². The van der Waals surface area contributed by atoms with E-state index in [1.807, 2.05) is 23.9 Å². The highest BCUT2D eigenvalue weighted by atomic mass is 32.2. The number of hydrogen-bond acceptors (Lipinski definition) is 6. The highest BCUT2D eigenvalue weighted by Crippen LogP contribution is 2.25. The first kappa shape index (κ1) is 14.8. The third kappa shape index (κ3) is 3.36. The molecule has 1 aromatic carbocycles. The monoisotopic (exact) mass is 314 g/mol. The molecule has 1 N–H and O–H groups in total. The van der Waals surface area contributed by atoms with Crippen LogP contribution in [0.1, 0.15) is 32.4 Å². The molecule has 2 aromatic heterocycles. The Kier molecular flexibility index (Phi) is 4.24. The Hall–Kier alpha value is -2.15.